The molecule has 2 aliphatic heterocycles. The van der Waals surface area contributed by atoms with E-state index < -0.39 is 0 Å². The third kappa shape index (κ3) is 3.22. The highest BCUT2D eigenvalue weighted by atomic mass is 16.5. The van der Waals surface area contributed by atoms with Crippen molar-refractivity contribution < 1.29 is 14.3 Å². The van der Waals surface area contributed by atoms with Crippen molar-refractivity contribution in [2.45, 2.75) is 44.4 Å². The first-order chi connectivity index (χ1) is 8.74. The molecule has 0 aromatic carbocycles. The van der Waals surface area contributed by atoms with Crippen LogP contribution in [0.5, 0.6) is 0 Å². The van der Waals surface area contributed by atoms with Crippen LogP contribution in [0.2, 0.25) is 0 Å². The van der Waals surface area contributed by atoms with Gasteiger partial charge in [0.05, 0.1) is 18.2 Å². The molecule has 2 heterocycles. The summed E-state index contributed by atoms with van der Waals surface area (Å²) in [4.78, 5) is 14.3. The van der Waals surface area contributed by atoms with Crippen molar-refractivity contribution in [2.24, 2.45) is 0 Å². The Morgan fingerprint density at radius 2 is 2.06 bits per heavy atom. The number of carbonyl (C=O) groups excluding carboxylic acids is 1. The van der Waals surface area contributed by atoms with E-state index in [1.54, 1.807) is 7.11 Å². The van der Waals surface area contributed by atoms with Crippen LogP contribution in [0.4, 0.5) is 0 Å². The van der Waals surface area contributed by atoms with Crippen LogP contribution in [0, 0.1) is 0 Å². The number of likely N-dealkylation sites (tertiary alicyclic amines) is 1. The van der Waals surface area contributed by atoms with Gasteiger partial charge < -0.3 is 19.7 Å². The van der Waals surface area contributed by atoms with Crippen LogP contribution in [-0.2, 0) is 14.3 Å². The van der Waals surface area contributed by atoms with Gasteiger partial charge in [-0.15, -0.1) is 0 Å². The molecule has 2 atom stereocenters. The minimum atomic E-state index is -0.0569. The first-order valence-electron chi connectivity index (χ1n) is 6.91. The van der Waals surface area contributed by atoms with Gasteiger partial charge in [-0.25, -0.2) is 0 Å². The molecule has 0 aromatic rings. The van der Waals surface area contributed by atoms with Crippen LogP contribution in [0.3, 0.4) is 0 Å². The Hall–Kier alpha value is -0.650. The lowest BCUT2D eigenvalue weighted by Crippen LogP contribution is -2.48. The van der Waals surface area contributed by atoms with Gasteiger partial charge in [0.2, 0.25) is 5.91 Å². The van der Waals surface area contributed by atoms with E-state index in [-0.39, 0.29) is 18.1 Å². The molecule has 1 amide bonds. The number of amides is 1. The SMILES string of the molecule is CCOC1CCN(C(=O)C2CC(OC)CN2)CC1. The van der Waals surface area contributed by atoms with E-state index in [1.807, 2.05) is 11.8 Å². The first-order valence-corrected chi connectivity index (χ1v) is 6.91. The van der Waals surface area contributed by atoms with Gasteiger partial charge in [0, 0.05) is 33.4 Å². The molecule has 0 radical (unpaired) electrons. The summed E-state index contributed by atoms with van der Waals surface area (Å²) < 4.78 is 10.9. The monoisotopic (exact) mass is 256 g/mol. The summed E-state index contributed by atoms with van der Waals surface area (Å²) in [5.41, 5.74) is 0. The van der Waals surface area contributed by atoms with Crippen molar-refractivity contribution in [3.8, 4) is 0 Å². The number of piperidine rings is 1. The average molecular weight is 256 g/mol. The number of ether oxygens (including phenoxy) is 2. The number of nitrogens with one attached hydrogen (secondary N) is 1. The Morgan fingerprint density at radius 1 is 1.33 bits per heavy atom. The molecule has 2 fully saturated rings. The molecule has 18 heavy (non-hydrogen) atoms. The molecule has 104 valence electrons. The lowest BCUT2D eigenvalue weighted by atomic mass is 10.1. The van der Waals surface area contributed by atoms with Crippen LogP contribution in [0.25, 0.3) is 0 Å². The summed E-state index contributed by atoms with van der Waals surface area (Å²) >= 11 is 0. The van der Waals surface area contributed by atoms with Crippen molar-refractivity contribution in [2.75, 3.05) is 33.4 Å². The maximum atomic E-state index is 12.3. The number of nitrogens with zero attached hydrogens (tertiary/aromatic N) is 1. The van der Waals surface area contributed by atoms with Crippen LogP contribution < -0.4 is 5.32 Å². The zero-order valence-electron chi connectivity index (χ0n) is 11.4. The smallest absolute Gasteiger partial charge is 0.239 e. The molecule has 5 heteroatoms. The van der Waals surface area contributed by atoms with Crippen molar-refractivity contribution in [1.29, 1.82) is 0 Å². The largest absolute Gasteiger partial charge is 0.380 e. The number of hydrogen-bond acceptors (Lipinski definition) is 4. The van der Waals surface area contributed by atoms with Gasteiger partial charge in [-0.1, -0.05) is 0 Å². The van der Waals surface area contributed by atoms with Gasteiger partial charge in [-0.2, -0.15) is 0 Å². The third-order valence-electron chi connectivity index (χ3n) is 3.88. The molecular weight excluding hydrogens is 232 g/mol. The lowest BCUT2D eigenvalue weighted by Gasteiger charge is -2.33. The van der Waals surface area contributed by atoms with Crippen LogP contribution >= 0.6 is 0 Å². The second-order valence-electron chi connectivity index (χ2n) is 5.03. The van der Waals surface area contributed by atoms with E-state index in [9.17, 15) is 4.79 Å². The summed E-state index contributed by atoms with van der Waals surface area (Å²) in [6.07, 6.45) is 3.23. The minimum absolute atomic E-state index is 0.0569. The van der Waals surface area contributed by atoms with Crippen molar-refractivity contribution in [1.82, 2.24) is 10.2 Å². The quantitative estimate of drug-likeness (QED) is 0.790. The van der Waals surface area contributed by atoms with Crippen molar-refractivity contribution in [3.05, 3.63) is 0 Å². The summed E-state index contributed by atoms with van der Waals surface area (Å²) in [5.74, 6) is 0.226. The third-order valence-corrected chi connectivity index (χ3v) is 3.88. The Balaban J connectivity index is 1.77. The summed E-state index contributed by atoms with van der Waals surface area (Å²) in [6.45, 7) is 5.20. The number of methoxy groups -OCH3 is 1. The maximum absolute atomic E-state index is 12.3. The van der Waals surface area contributed by atoms with E-state index in [0.717, 1.165) is 45.5 Å². The second-order valence-corrected chi connectivity index (χ2v) is 5.03. The van der Waals surface area contributed by atoms with E-state index in [1.165, 1.54) is 0 Å². The normalized spacial score (nSPS) is 29.8. The molecule has 2 aliphatic rings. The molecule has 5 nitrogen and oxygen atoms in total. The van der Waals surface area contributed by atoms with Gasteiger partial charge in [0.15, 0.2) is 0 Å². The fourth-order valence-corrected chi connectivity index (χ4v) is 2.77. The fraction of sp³-hybridized carbons (Fsp3) is 0.923. The van der Waals surface area contributed by atoms with Gasteiger partial charge >= 0.3 is 0 Å². The topological polar surface area (TPSA) is 50.8 Å². The highest BCUT2D eigenvalue weighted by molar-refractivity contribution is 5.82. The highest BCUT2D eigenvalue weighted by Crippen LogP contribution is 2.17. The Labute approximate surface area is 109 Å². The predicted molar refractivity (Wildman–Crippen MR) is 68.4 cm³/mol. The molecule has 0 aromatic heterocycles. The first kappa shape index (κ1) is 13.8. The lowest BCUT2D eigenvalue weighted by molar-refractivity contribution is -0.135. The van der Waals surface area contributed by atoms with Gasteiger partial charge in [0.1, 0.15) is 0 Å². The summed E-state index contributed by atoms with van der Waals surface area (Å²) in [7, 11) is 1.70. The molecule has 2 unspecified atom stereocenters. The highest BCUT2D eigenvalue weighted by Gasteiger charge is 2.33. The summed E-state index contributed by atoms with van der Waals surface area (Å²) in [6, 6.07) is -0.0569. The Morgan fingerprint density at radius 3 is 2.61 bits per heavy atom. The van der Waals surface area contributed by atoms with Crippen molar-refractivity contribution in [3.63, 3.8) is 0 Å². The van der Waals surface area contributed by atoms with Gasteiger partial charge in [-0.3, -0.25) is 4.79 Å². The second kappa shape index (κ2) is 6.50. The molecule has 0 spiro atoms. The molecule has 2 saturated heterocycles. The predicted octanol–water partition coefficient (Wildman–Crippen LogP) is 0.391. The van der Waals surface area contributed by atoms with E-state index in [2.05, 4.69) is 5.32 Å². The van der Waals surface area contributed by atoms with Crippen molar-refractivity contribution >= 4 is 5.91 Å². The number of hydrogen-bond donors (Lipinski definition) is 1. The standard InChI is InChI=1S/C13H24N2O3/c1-3-18-10-4-6-15(7-5-10)13(16)12-8-11(17-2)9-14-12/h10-12,14H,3-9H2,1-2H3. The van der Waals surface area contributed by atoms with E-state index in [0.29, 0.717) is 6.10 Å². The van der Waals surface area contributed by atoms with Crippen LogP contribution in [0.15, 0.2) is 0 Å². The molecule has 0 bridgehead atoms. The molecule has 0 saturated carbocycles. The molecule has 0 aliphatic carbocycles. The Kier molecular flexibility index (Phi) is 4.97. The minimum Gasteiger partial charge on any atom is -0.380 e. The van der Waals surface area contributed by atoms with E-state index in [4.69, 9.17) is 9.47 Å². The molecule has 2 rings (SSSR count). The summed E-state index contributed by atoms with van der Waals surface area (Å²) in [5, 5.41) is 3.24. The fourth-order valence-electron chi connectivity index (χ4n) is 2.77. The van der Waals surface area contributed by atoms with Gasteiger partial charge in [-0.05, 0) is 26.2 Å². The van der Waals surface area contributed by atoms with Gasteiger partial charge in [0.25, 0.3) is 0 Å². The Bertz CT molecular complexity index is 277. The maximum Gasteiger partial charge on any atom is 0.239 e. The number of carbonyl (C=O) groups is 1. The van der Waals surface area contributed by atoms with Crippen LogP contribution in [-0.4, -0.2) is 62.4 Å². The van der Waals surface area contributed by atoms with E-state index >= 15 is 0 Å². The zero-order chi connectivity index (χ0) is 13.0. The molecular formula is C13H24N2O3. The number of rotatable bonds is 4. The zero-order valence-corrected chi connectivity index (χ0v) is 11.4. The van der Waals surface area contributed by atoms with Crippen LogP contribution in [0.1, 0.15) is 26.2 Å². The average Bonchev–Trinajstić information content (AvgIpc) is 2.88. The molecule has 1 N–H and O–H groups in total.